The number of benzene rings is 2. The molecular weight excluding hydrogens is 326 g/mol. The molecule has 0 radical (unpaired) electrons. The van der Waals surface area contributed by atoms with Gasteiger partial charge in [0.25, 0.3) is 0 Å². The van der Waals surface area contributed by atoms with Gasteiger partial charge in [-0.25, -0.2) is 17.9 Å². The van der Waals surface area contributed by atoms with Crippen molar-refractivity contribution in [1.82, 2.24) is 4.72 Å². The van der Waals surface area contributed by atoms with Crippen LogP contribution in [-0.2, 0) is 16.6 Å². The van der Waals surface area contributed by atoms with Crippen LogP contribution in [-0.4, -0.2) is 19.5 Å². The summed E-state index contributed by atoms with van der Waals surface area (Å²) in [6, 6.07) is 10.9. The molecule has 22 heavy (non-hydrogen) atoms. The van der Waals surface area contributed by atoms with Crippen molar-refractivity contribution in [2.45, 2.75) is 18.4 Å². The molecular formula is C15H14ClNO4S. The lowest BCUT2D eigenvalue weighted by Gasteiger charge is -2.10. The van der Waals surface area contributed by atoms with Crippen LogP contribution in [0.1, 0.15) is 21.5 Å². The van der Waals surface area contributed by atoms with Gasteiger partial charge in [0.2, 0.25) is 10.0 Å². The standard InChI is InChI=1S/C15H14ClNO4S/c1-10-4-2-3-5-12(10)9-17-22(20,21)14-8-11(15(18)19)6-7-13(14)16/h2-8,17H,9H2,1H3,(H,18,19). The highest BCUT2D eigenvalue weighted by Crippen LogP contribution is 2.23. The van der Waals surface area contributed by atoms with E-state index in [4.69, 9.17) is 16.7 Å². The lowest BCUT2D eigenvalue weighted by molar-refractivity contribution is 0.0696. The third-order valence-corrected chi connectivity index (χ3v) is 5.06. The number of rotatable bonds is 5. The van der Waals surface area contributed by atoms with Crippen LogP contribution >= 0.6 is 11.6 Å². The molecule has 7 heteroatoms. The van der Waals surface area contributed by atoms with Gasteiger partial charge in [-0.05, 0) is 36.2 Å². The summed E-state index contributed by atoms with van der Waals surface area (Å²) in [6.45, 7) is 1.98. The first-order valence-corrected chi connectivity index (χ1v) is 8.24. The van der Waals surface area contributed by atoms with Crippen molar-refractivity contribution in [3.05, 3.63) is 64.2 Å². The third kappa shape index (κ3) is 3.65. The van der Waals surface area contributed by atoms with Crippen molar-refractivity contribution in [1.29, 1.82) is 0 Å². The second-order valence-corrected chi connectivity index (χ2v) is 6.84. The topological polar surface area (TPSA) is 83.5 Å². The van der Waals surface area contributed by atoms with Crippen molar-refractivity contribution in [2.24, 2.45) is 0 Å². The van der Waals surface area contributed by atoms with E-state index >= 15 is 0 Å². The van der Waals surface area contributed by atoms with Gasteiger partial charge >= 0.3 is 5.97 Å². The fourth-order valence-corrected chi connectivity index (χ4v) is 3.43. The number of halogens is 1. The highest BCUT2D eigenvalue weighted by atomic mass is 35.5. The van der Waals surface area contributed by atoms with Crippen LogP contribution in [0.15, 0.2) is 47.4 Å². The molecule has 5 nitrogen and oxygen atoms in total. The zero-order valence-corrected chi connectivity index (χ0v) is 13.3. The number of hydrogen-bond acceptors (Lipinski definition) is 3. The molecule has 0 saturated heterocycles. The summed E-state index contributed by atoms with van der Waals surface area (Å²) in [7, 11) is -3.91. The van der Waals surface area contributed by atoms with Gasteiger partial charge in [0.1, 0.15) is 4.90 Å². The Balaban J connectivity index is 2.29. The van der Waals surface area contributed by atoms with Gasteiger partial charge in [0.15, 0.2) is 0 Å². The number of hydrogen-bond donors (Lipinski definition) is 2. The molecule has 0 aliphatic rings. The maximum Gasteiger partial charge on any atom is 0.335 e. The van der Waals surface area contributed by atoms with Crippen LogP contribution in [0.3, 0.4) is 0 Å². The molecule has 0 aliphatic heterocycles. The molecule has 0 spiro atoms. The van der Waals surface area contributed by atoms with Gasteiger partial charge in [-0.15, -0.1) is 0 Å². The molecule has 0 aromatic heterocycles. The van der Waals surface area contributed by atoms with E-state index in [9.17, 15) is 13.2 Å². The summed E-state index contributed by atoms with van der Waals surface area (Å²) in [5.41, 5.74) is 1.65. The SMILES string of the molecule is Cc1ccccc1CNS(=O)(=O)c1cc(C(=O)O)ccc1Cl. The first-order valence-electron chi connectivity index (χ1n) is 6.38. The van der Waals surface area contributed by atoms with Crippen LogP contribution in [0, 0.1) is 6.92 Å². The number of aromatic carboxylic acids is 1. The van der Waals surface area contributed by atoms with Gasteiger partial charge < -0.3 is 5.11 Å². The van der Waals surface area contributed by atoms with E-state index < -0.39 is 16.0 Å². The maximum absolute atomic E-state index is 12.3. The van der Waals surface area contributed by atoms with Gasteiger partial charge in [-0.3, -0.25) is 0 Å². The molecule has 2 N–H and O–H groups in total. The Bertz CT molecular complexity index is 818. The normalized spacial score (nSPS) is 11.4. The van der Waals surface area contributed by atoms with E-state index in [2.05, 4.69) is 4.72 Å². The minimum Gasteiger partial charge on any atom is -0.478 e. The summed E-state index contributed by atoms with van der Waals surface area (Å²) in [6.07, 6.45) is 0. The van der Waals surface area contributed by atoms with Crippen LogP contribution in [0.2, 0.25) is 5.02 Å². The van der Waals surface area contributed by atoms with Gasteiger partial charge in [0.05, 0.1) is 10.6 Å². The molecule has 0 heterocycles. The Labute approximate surface area is 133 Å². The molecule has 0 aliphatic carbocycles. The minimum atomic E-state index is -3.91. The predicted molar refractivity (Wildman–Crippen MR) is 83.6 cm³/mol. The Morgan fingerprint density at radius 1 is 1.23 bits per heavy atom. The van der Waals surface area contributed by atoms with E-state index in [-0.39, 0.29) is 22.0 Å². The monoisotopic (exact) mass is 339 g/mol. The molecule has 0 fully saturated rings. The number of carboxylic acid groups (broad SMARTS) is 1. The fourth-order valence-electron chi connectivity index (χ4n) is 1.90. The zero-order valence-electron chi connectivity index (χ0n) is 11.7. The number of carbonyl (C=O) groups is 1. The summed E-state index contributed by atoms with van der Waals surface area (Å²) in [5, 5.41) is 8.93. The fraction of sp³-hybridized carbons (Fsp3) is 0.133. The lowest BCUT2D eigenvalue weighted by Crippen LogP contribution is -2.24. The molecule has 0 saturated carbocycles. The Morgan fingerprint density at radius 2 is 1.91 bits per heavy atom. The van der Waals surface area contributed by atoms with Crippen molar-refractivity contribution in [2.75, 3.05) is 0 Å². The average molecular weight is 340 g/mol. The number of sulfonamides is 1. The first kappa shape index (κ1) is 16.5. The molecule has 2 aromatic rings. The Hall–Kier alpha value is -1.89. The summed E-state index contributed by atoms with van der Waals surface area (Å²) >= 11 is 5.89. The van der Waals surface area contributed by atoms with Crippen molar-refractivity contribution >= 4 is 27.6 Å². The second kappa shape index (κ2) is 6.48. The van der Waals surface area contributed by atoms with Crippen LogP contribution in [0.4, 0.5) is 0 Å². The number of nitrogens with one attached hydrogen (secondary N) is 1. The third-order valence-electron chi connectivity index (χ3n) is 3.18. The van der Waals surface area contributed by atoms with E-state index in [0.717, 1.165) is 17.2 Å². The average Bonchev–Trinajstić information content (AvgIpc) is 2.46. The van der Waals surface area contributed by atoms with Crippen molar-refractivity contribution in [3.8, 4) is 0 Å². The van der Waals surface area contributed by atoms with E-state index in [1.807, 2.05) is 31.2 Å². The summed E-state index contributed by atoms with van der Waals surface area (Å²) in [5.74, 6) is -1.22. The molecule has 0 bridgehead atoms. The highest BCUT2D eigenvalue weighted by molar-refractivity contribution is 7.89. The first-order chi connectivity index (χ1) is 10.3. The quantitative estimate of drug-likeness (QED) is 0.877. The van der Waals surface area contributed by atoms with E-state index in [1.54, 1.807) is 0 Å². The summed E-state index contributed by atoms with van der Waals surface area (Å²) < 4.78 is 27.1. The molecule has 2 aromatic carbocycles. The Morgan fingerprint density at radius 3 is 2.55 bits per heavy atom. The van der Waals surface area contributed by atoms with Crippen LogP contribution in [0.5, 0.6) is 0 Å². The Kier molecular flexibility index (Phi) is 4.85. The molecule has 2 rings (SSSR count). The van der Waals surface area contributed by atoms with Crippen LogP contribution in [0.25, 0.3) is 0 Å². The highest BCUT2D eigenvalue weighted by Gasteiger charge is 2.20. The molecule has 0 amide bonds. The molecule has 116 valence electrons. The van der Waals surface area contributed by atoms with Crippen molar-refractivity contribution < 1.29 is 18.3 Å². The number of aryl methyl sites for hydroxylation is 1. The summed E-state index contributed by atoms with van der Waals surface area (Å²) in [4.78, 5) is 10.7. The van der Waals surface area contributed by atoms with Crippen molar-refractivity contribution in [3.63, 3.8) is 0 Å². The van der Waals surface area contributed by atoms with Crippen LogP contribution < -0.4 is 4.72 Å². The van der Waals surface area contributed by atoms with E-state index in [0.29, 0.717) is 0 Å². The number of carboxylic acids is 1. The van der Waals surface area contributed by atoms with Gasteiger partial charge in [0, 0.05) is 6.54 Å². The lowest BCUT2D eigenvalue weighted by atomic mass is 10.1. The predicted octanol–water partition coefficient (Wildman–Crippen LogP) is 2.83. The molecule has 0 unspecified atom stereocenters. The van der Waals surface area contributed by atoms with E-state index in [1.165, 1.54) is 12.1 Å². The van der Waals surface area contributed by atoms with Gasteiger partial charge in [-0.2, -0.15) is 0 Å². The maximum atomic E-state index is 12.3. The largest absolute Gasteiger partial charge is 0.478 e. The van der Waals surface area contributed by atoms with Gasteiger partial charge in [-0.1, -0.05) is 35.9 Å². The zero-order chi connectivity index (χ0) is 16.3. The second-order valence-electron chi connectivity index (χ2n) is 4.70. The minimum absolute atomic E-state index is 0.0257. The molecule has 0 atom stereocenters. The smallest absolute Gasteiger partial charge is 0.335 e.